The van der Waals surface area contributed by atoms with Gasteiger partial charge in [-0.3, -0.25) is 4.79 Å². The molecule has 0 aliphatic rings. The number of nitrogens with two attached hydrogens (primary N) is 1. The van der Waals surface area contributed by atoms with Gasteiger partial charge < -0.3 is 10.6 Å². The van der Waals surface area contributed by atoms with E-state index >= 15 is 0 Å². The maximum absolute atomic E-state index is 11.8. The van der Waals surface area contributed by atoms with Crippen LogP contribution in [0.1, 0.15) is 36.5 Å². The topological polar surface area (TPSA) is 81.4 Å². The molecule has 144 valence electrons. The normalized spacial score (nSPS) is 11.6. The van der Waals surface area contributed by atoms with Crippen molar-refractivity contribution >= 4 is 11.9 Å². The molecule has 1 atom stereocenters. The Hall–Kier alpha value is -2.66. The summed E-state index contributed by atoms with van der Waals surface area (Å²) in [6.07, 6.45) is 4.57. The quantitative estimate of drug-likeness (QED) is 0.527. The van der Waals surface area contributed by atoms with Crippen LogP contribution in [0.3, 0.4) is 0 Å². The predicted octanol–water partition coefficient (Wildman–Crippen LogP) is 2.96. The molecule has 0 radical (unpaired) electrons. The van der Waals surface area contributed by atoms with E-state index in [1.165, 1.54) is 11.1 Å². The molecule has 3 N–H and O–H groups in total. The molecule has 1 amide bonds. The van der Waals surface area contributed by atoms with E-state index in [4.69, 9.17) is 10.6 Å². The number of hydrogen-bond acceptors (Lipinski definition) is 4. The first kappa shape index (κ1) is 20.6. The number of unbranched alkanes of at least 4 members (excludes halogenated alkanes) is 1. The fraction of sp³-hybridized carbons (Fsp3) is 0.364. The lowest BCUT2D eigenvalue weighted by Crippen LogP contribution is -2.33. The summed E-state index contributed by atoms with van der Waals surface area (Å²) in [6.45, 7) is 1.83. The van der Waals surface area contributed by atoms with Gasteiger partial charge >= 0.3 is 5.97 Å². The smallest absolute Gasteiger partial charge is 0.336 e. The third-order valence-electron chi connectivity index (χ3n) is 4.43. The lowest BCUT2D eigenvalue weighted by molar-refractivity contribution is -0.161. The lowest BCUT2D eigenvalue weighted by atomic mass is 10.0. The maximum atomic E-state index is 11.8. The first-order valence-electron chi connectivity index (χ1n) is 9.40. The van der Waals surface area contributed by atoms with Crippen molar-refractivity contribution in [1.29, 1.82) is 0 Å². The number of carbonyl (C=O) groups is 2. The number of benzene rings is 2. The van der Waals surface area contributed by atoms with Crippen molar-refractivity contribution in [3.63, 3.8) is 0 Å². The van der Waals surface area contributed by atoms with E-state index in [1.807, 2.05) is 30.3 Å². The molecule has 0 aliphatic heterocycles. The third kappa shape index (κ3) is 7.62. The molecular formula is C22H28N2O3. The Morgan fingerprint density at radius 3 is 2.07 bits per heavy atom. The Morgan fingerprint density at radius 2 is 1.48 bits per heavy atom. The molecule has 27 heavy (non-hydrogen) atoms. The van der Waals surface area contributed by atoms with Crippen molar-refractivity contribution in [2.75, 3.05) is 6.54 Å². The van der Waals surface area contributed by atoms with Crippen LogP contribution in [0.25, 0.3) is 0 Å². The SMILES string of the molecule is CC(CN)C(=O)ONC(=O)Cc1ccc(CCCCc2ccccc2)cc1. The van der Waals surface area contributed by atoms with Crippen LogP contribution in [-0.2, 0) is 33.7 Å². The van der Waals surface area contributed by atoms with Crippen LogP contribution in [0, 0.1) is 5.92 Å². The van der Waals surface area contributed by atoms with Gasteiger partial charge in [0.2, 0.25) is 0 Å². The Bertz CT molecular complexity index is 714. The summed E-state index contributed by atoms with van der Waals surface area (Å²) in [5.74, 6) is -1.33. The van der Waals surface area contributed by atoms with Crippen LogP contribution >= 0.6 is 0 Å². The number of rotatable bonds is 9. The molecule has 2 aromatic rings. The fourth-order valence-electron chi connectivity index (χ4n) is 2.65. The van der Waals surface area contributed by atoms with E-state index in [9.17, 15) is 9.59 Å². The van der Waals surface area contributed by atoms with E-state index in [0.717, 1.165) is 31.2 Å². The zero-order valence-electron chi connectivity index (χ0n) is 15.8. The molecule has 0 spiro atoms. The number of nitrogens with one attached hydrogen (secondary N) is 1. The molecule has 2 rings (SSSR count). The minimum Gasteiger partial charge on any atom is -0.340 e. The van der Waals surface area contributed by atoms with E-state index in [2.05, 4.69) is 29.7 Å². The number of hydrogen-bond donors (Lipinski definition) is 2. The van der Waals surface area contributed by atoms with Crippen molar-refractivity contribution in [2.24, 2.45) is 11.7 Å². The molecule has 0 saturated heterocycles. The van der Waals surface area contributed by atoms with Gasteiger partial charge in [-0.05, 0) is 42.4 Å². The maximum Gasteiger partial charge on any atom is 0.336 e. The summed E-state index contributed by atoms with van der Waals surface area (Å²) in [6, 6.07) is 18.5. The molecule has 0 aliphatic carbocycles. The predicted molar refractivity (Wildman–Crippen MR) is 106 cm³/mol. The van der Waals surface area contributed by atoms with E-state index < -0.39 is 11.9 Å². The zero-order chi connectivity index (χ0) is 19.5. The molecule has 1 unspecified atom stereocenters. The highest BCUT2D eigenvalue weighted by Gasteiger charge is 2.14. The summed E-state index contributed by atoms with van der Waals surface area (Å²) in [5, 5.41) is 0. The average Bonchev–Trinajstić information content (AvgIpc) is 2.70. The van der Waals surface area contributed by atoms with Crippen LogP contribution in [0.5, 0.6) is 0 Å². The van der Waals surface area contributed by atoms with E-state index in [0.29, 0.717) is 0 Å². The molecule has 5 nitrogen and oxygen atoms in total. The van der Waals surface area contributed by atoms with Gasteiger partial charge in [0.15, 0.2) is 0 Å². The van der Waals surface area contributed by atoms with E-state index in [1.54, 1.807) is 6.92 Å². The van der Waals surface area contributed by atoms with Crippen LogP contribution in [0.4, 0.5) is 0 Å². The van der Waals surface area contributed by atoms with Gasteiger partial charge in [0.1, 0.15) is 0 Å². The molecular weight excluding hydrogens is 340 g/mol. The Kier molecular flexibility index (Phi) is 8.52. The summed E-state index contributed by atoms with van der Waals surface area (Å²) in [7, 11) is 0. The van der Waals surface area contributed by atoms with Gasteiger partial charge in [0.25, 0.3) is 5.91 Å². The molecule has 0 aromatic heterocycles. The minimum absolute atomic E-state index is 0.165. The number of carbonyl (C=O) groups excluding carboxylic acids is 2. The second-order valence-corrected chi connectivity index (χ2v) is 6.77. The largest absolute Gasteiger partial charge is 0.340 e. The second-order valence-electron chi connectivity index (χ2n) is 6.77. The summed E-state index contributed by atoms with van der Waals surface area (Å²) < 4.78 is 0. The van der Waals surface area contributed by atoms with Gasteiger partial charge in [0.05, 0.1) is 12.3 Å². The summed E-state index contributed by atoms with van der Waals surface area (Å²) in [5.41, 5.74) is 11.1. The third-order valence-corrected chi connectivity index (χ3v) is 4.43. The Labute approximate surface area is 160 Å². The molecule has 0 heterocycles. The fourth-order valence-corrected chi connectivity index (χ4v) is 2.65. The van der Waals surface area contributed by atoms with E-state index in [-0.39, 0.29) is 18.9 Å². The highest BCUT2D eigenvalue weighted by molar-refractivity contribution is 5.80. The van der Waals surface area contributed by atoms with Crippen molar-refractivity contribution in [3.05, 3.63) is 71.3 Å². The molecule has 0 bridgehead atoms. The minimum atomic E-state index is -0.531. The molecule has 0 saturated carbocycles. The molecule has 0 fully saturated rings. The summed E-state index contributed by atoms with van der Waals surface area (Å²) in [4.78, 5) is 28.0. The lowest BCUT2D eigenvalue weighted by Gasteiger charge is -2.09. The van der Waals surface area contributed by atoms with Gasteiger partial charge in [-0.25, -0.2) is 4.79 Å². The van der Waals surface area contributed by atoms with Crippen molar-refractivity contribution in [1.82, 2.24) is 5.48 Å². The van der Waals surface area contributed by atoms with Gasteiger partial charge in [-0.1, -0.05) is 61.5 Å². The first-order valence-corrected chi connectivity index (χ1v) is 9.40. The molecule has 2 aromatic carbocycles. The monoisotopic (exact) mass is 368 g/mol. The highest BCUT2D eigenvalue weighted by atomic mass is 16.7. The Balaban J connectivity index is 1.68. The van der Waals surface area contributed by atoms with Crippen LogP contribution in [0.15, 0.2) is 54.6 Å². The number of amides is 1. The average molecular weight is 368 g/mol. The van der Waals surface area contributed by atoms with Crippen molar-refractivity contribution < 1.29 is 14.4 Å². The second kappa shape index (κ2) is 11.1. The van der Waals surface area contributed by atoms with Crippen molar-refractivity contribution in [3.8, 4) is 0 Å². The zero-order valence-corrected chi connectivity index (χ0v) is 15.8. The standard InChI is InChI=1S/C22H28N2O3/c1-17(16-23)22(26)27-24-21(25)15-20-13-11-19(12-14-20)10-6-5-9-18-7-3-2-4-8-18/h2-4,7-8,11-14,17H,5-6,9-10,15-16,23H2,1H3,(H,24,25). The van der Waals surface area contributed by atoms with Crippen LogP contribution < -0.4 is 11.2 Å². The Morgan fingerprint density at radius 1 is 0.926 bits per heavy atom. The van der Waals surface area contributed by atoms with Gasteiger partial charge in [-0.2, -0.15) is 5.48 Å². The number of aryl methyl sites for hydroxylation is 2. The van der Waals surface area contributed by atoms with Crippen LogP contribution in [0.2, 0.25) is 0 Å². The summed E-state index contributed by atoms with van der Waals surface area (Å²) >= 11 is 0. The first-order chi connectivity index (χ1) is 13.1. The van der Waals surface area contributed by atoms with Crippen LogP contribution in [-0.4, -0.2) is 18.4 Å². The van der Waals surface area contributed by atoms with Gasteiger partial charge in [0, 0.05) is 6.54 Å². The molecule has 5 heteroatoms. The van der Waals surface area contributed by atoms with Gasteiger partial charge in [-0.15, -0.1) is 0 Å². The number of hydroxylamine groups is 1. The highest BCUT2D eigenvalue weighted by Crippen LogP contribution is 2.11. The van der Waals surface area contributed by atoms with Crippen molar-refractivity contribution in [2.45, 2.75) is 39.0 Å².